The molecule has 0 spiro atoms. The van der Waals surface area contributed by atoms with E-state index in [-0.39, 0.29) is 25.2 Å². The maximum absolute atomic E-state index is 10.5. The van der Waals surface area contributed by atoms with Crippen molar-refractivity contribution in [2.24, 2.45) is 0 Å². The van der Waals surface area contributed by atoms with Crippen LogP contribution in [0.3, 0.4) is 0 Å². The lowest BCUT2D eigenvalue weighted by atomic mass is 10.3. The van der Waals surface area contributed by atoms with E-state index in [1.807, 2.05) is 0 Å². The molecule has 0 saturated carbocycles. The monoisotopic (exact) mass is 250 g/mol. The fourth-order valence-electron chi connectivity index (χ4n) is 0.675. The average molecular weight is 250 g/mol. The molecule has 0 bridgehead atoms. The third-order valence-corrected chi connectivity index (χ3v) is 1.32. The average Bonchev–Trinajstić information content (AvgIpc) is 2.14. The molecule has 0 radical (unpaired) electrons. The van der Waals surface area contributed by atoms with Gasteiger partial charge in [-0.25, -0.2) is 0 Å². The highest BCUT2D eigenvalue weighted by molar-refractivity contribution is 5.75. The molecule has 1 unspecified atom stereocenters. The van der Waals surface area contributed by atoms with Crippen LogP contribution in [0.25, 0.3) is 0 Å². The van der Waals surface area contributed by atoms with Crippen molar-refractivity contribution < 1.29 is 34.4 Å². The SMILES string of the molecule is CCOC(=O)CC(C)O.O=C(O)CCC(=O)O. The summed E-state index contributed by atoms with van der Waals surface area (Å²) in [4.78, 5) is 29.8. The Kier molecular flexibility index (Phi) is 11.4. The van der Waals surface area contributed by atoms with E-state index in [0.29, 0.717) is 6.61 Å². The highest BCUT2D eigenvalue weighted by atomic mass is 16.5. The highest BCUT2D eigenvalue weighted by Gasteiger charge is 2.04. The molecule has 0 heterocycles. The van der Waals surface area contributed by atoms with Crippen molar-refractivity contribution in [3.8, 4) is 0 Å². The van der Waals surface area contributed by atoms with E-state index < -0.39 is 18.0 Å². The second-order valence-electron chi connectivity index (χ2n) is 3.15. The molecule has 0 rings (SSSR count). The van der Waals surface area contributed by atoms with Gasteiger partial charge < -0.3 is 20.1 Å². The third-order valence-electron chi connectivity index (χ3n) is 1.32. The first-order chi connectivity index (χ1) is 7.79. The Bertz CT molecular complexity index is 233. The quantitative estimate of drug-likeness (QED) is 0.578. The van der Waals surface area contributed by atoms with Crippen LogP contribution in [0, 0.1) is 0 Å². The number of carboxylic acid groups (broad SMARTS) is 2. The zero-order chi connectivity index (χ0) is 13.8. The molecule has 3 N–H and O–H groups in total. The van der Waals surface area contributed by atoms with Gasteiger partial charge in [0.25, 0.3) is 0 Å². The van der Waals surface area contributed by atoms with E-state index in [1.54, 1.807) is 13.8 Å². The Hall–Kier alpha value is -1.63. The second kappa shape index (κ2) is 10.9. The fraction of sp³-hybridized carbons (Fsp3) is 0.700. The number of esters is 1. The first kappa shape index (κ1) is 17.8. The summed E-state index contributed by atoms with van der Waals surface area (Å²) in [5, 5.41) is 24.4. The second-order valence-corrected chi connectivity index (χ2v) is 3.15. The molecule has 7 nitrogen and oxygen atoms in total. The summed E-state index contributed by atoms with van der Waals surface area (Å²) >= 11 is 0. The van der Waals surface area contributed by atoms with E-state index >= 15 is 0 Å². The van der Waals surface area contributed by atoms with Gasteiger partial charge in [-0.3, -0.25) is 14.4 Å². The minimum Gasteiger partial charge on any atom is -0.481 e. The minimum absolute atomic E-state index is 0.0911. The summed E-state index contributed by atoms with van der Waals surface area (Å²) < 4.78 is 4.55. The van der Waals surface area contributed by atoms with Crippen LogP contribution in [0.1, 0.15) is 33.1 Å². The summed E-state index contributed by atoms with van der Waals surface area (Å²) in [5.41, 5.74) is 0. The van der Waals surface area contributed by atoms with Gasteiger partial charge in [0.05, 0.1) is 32.0 Å². The van der Waals surface area contributed by atoms with E-state index in [0.717, 1.165) is 0 Å². The largest absolute Gasteiger partial charge is 0.481 e. The maximum atomic E-state index is 10.5. The number of aliphatic hydroxyl groups excluding tert-OH is 1. The number of carbonyl (C=O) groups excluding carboxylic acids is 1. The first-order valence-electron chi connectivity index (χ1n) is 5.06. The number of rotatable bonds is 6. The van der Waals surface area contributed by atoms with Crippen molar-refractivity contribution in [1.82, 2.24) is 0 Å². The van der Waals surface area contributed by atoms with Crippen LogP contribution in [0.4, 0.5) is 0 Å². The van der Waals surface area contributed by atoms with Crippen molar-refractivity contribution in [2.75, 3.05) is 6.61 Å². The summed E-state index contributed by atoms with van der Waals surface area (Å²) in [6.45, 7) is 3.67. The molecule has 0 aromatic heterocycles. The zero-order valence-corrected chi connectivity index (χ0v) is 9.88. The van der Waals surface area contributed by atoms with Crippen LogP contribution in [0.15, 0.2) is 0 Å². The van der Waals surface area contributed by atoms with Gasteiger partial charge in [-0.1, -0.05) is 0 Å². The predicted octanol–water partition coefficient (Wildman–Crippen LogP) is 0.256. The lowest BCUT2D eigenvalue weighted by molar-refractivity contribution is -0.145. The molecule has 0 aliphatic rings. The minimum atomic E-state index is -1.08. The molecule has 0 saturated heterocycles. The standard InChI is InChI=1S/C6H12O3.C4H6O4/c1-3-9-6(8)4-5(2)7;5-3(6)1-2-4(7)8/h5,7H,3-4H2,1-2H3;1-2H2,(H,5,6)(H,7,8). The molecule has 0 amide bonds. The van der Waals surface area contributed by atoms with E-state index in [1.165, 1.54) is 0 Å². The number of ether oxygens (including phenoxy) is 1. The Morgan fingerprint density at radius 3 is 1.76 bits per heavy atom. The molecule has 0 fully saturated rings. The van der Waals surface area contributed by atoms with Crippen LogP contribution < -0.4 is 0 Å². The van der Waals surface area contributed by atoms with Crippen molar-refractivity contribution in [3.63, 3.8) is 0 Å². The van der Waals surface area contributed by atoms with Crippen LogP contribution in [-0.2, 0) is 19.1 Å². The Labute approximate surface area is 99.0 Å². The number of carboxylic acids is 2. The van der Waals surface area contributed by atoms with Gasteiger partial charge in [0.2, 0.25) is 0 Å². The summed E-state index contributed by atoms with van der Waals surface area (Å²) in [6, 6.07) is 0. The molecule has 1 atom stereocenters. The molecule has 0 aliphatic carbocycles. The molecule has 100 valence electrons. The topological polar surface area (TPSA) is 121 Å². The van der Waals surface area contributed by atoms with Gasteiger partial charge >= 0.3 is 17.9 Å². The lowest BCUT2D eigenvalue weighted by Gasteiger charge is -2.01. The summed E-state index contributed by atoms with van der Waals surface area (Å²) in [6.07, 6.45) is -1.09. The van der Waals surface area contributed by atoms with Crippen molar-refractivity contribution in [3.05, 3.63) is 0 Å². The lowest BCUT2D eigenvalue weighted by Crippen LogP contribution is -2.11. The van der Waals surface area contributed by atoms with Crippen LogP contribution in [-0.4, -0.2) is 45.9 Å². The van der Waals surface area contributed by atoms with Crippen molar-refractivity contribution in [2.45, 2.75) is 39.2 Å². The van der Waals surface area contributed by atoms with Gasteiger partial charge in [0.1, 0.15) is 0 Å². The molecule has 0 aliphatic heterocycles. The highest BCUT2D eigenvalue weighted by Crippen LogP contribution is 1.91. The molecular formula is C10H18O7. The van der Waals surface area contributed by atoms with Gasteiger partial charge in [-0.05, 0) is 13.8 Å². The van der Waals surface area contributed by atoms with Crippen LogP contribution >= 0.6 is 0 Å². The predicted molar refractivity (Wildman–Crippen MR) is 57.4 cm³/mol. The Morgan fingerprint density at radius 1 is 1.12 bits per heavy atom. The van der Waals surface area contributed by atoms with Gasteiger partial charge in [0, 0.05) is 0 Å². The normalized spacial score (nSPS) is 10.8. The molecule has 17 heavy (non-hydrogen) atoms. The number of aliphatic carboxylic acids is 2. The number of aliphatic hydroxyl groups is 1. The van der Waals surface area contributed by atoms with Crippen molar-refractivity contribution >= 4 is 17.9 Å². The van der Waals surface area contributed by atoms with Crippen molar-refractivity contribution in [1.29, 1.82) is 0 Å². The van der Waals surface area contributed by atoms with E-state index in [4.69, 9.17) is 15.3 Å². The molecule has 7 heteroatoms. The van der Waals surface area contributed by atoms with Gasteiger partial charge in [-0.2, -0.15) is 0 Å². The molecular weight excluding hydrogens is 232 g/mol. The molecule has 0 aromatic carbocycles. The summed E-state index contributed by atoms with van der Waals surface area (Å²) in [5.74, 6) is -2.49. The number of hydrogen-bond acceptors (Lipinski definition) is 5. The zero-order valence-electron chi connectivity index (χ0n) is 9.88. The Morgan fingerprint density at radius 2 is 1.53 bits per heavy atom. The van der Waals surface area contributed by atoms with Crippen LogP contribution in [0.5, 0.6) is 0 Å². The number of carbonyl (C=O) groups is 3. The van der Waals surface area contributed by atoms with Gasteiger partial charge in [0.15, 0.2) is 0 Å². The first-order valence-corrected chi connectivity index (χ1v) is 5.06. The van der Waals surface area contributed by atoms with Crippen LogP contribution in [0.2, 0.25) is 0 Å². The fourth-order valence-corrected chi connectivity index (χ4v) is 0.675. The third kappa shape index (κ3) is 20.4. The number of hydrogen-bond donors (Lipinski definition) is 3. The van der Waals surface area contributed by atoms with Gasteiger partial charge in [-0.15, -0.1) is 0 Å². The maximum Gasteiger partial charge on any atom is 0.308 e. The Balaban J connectivity index is 0. The smallest absolute Gasteiger partial charge is 0.308 e. The van der Waals surface area contributed by atoms with E-state index in [2.05, 4.69) is 4.74 Å². The molecule has 0 aromatic rings. The van der Waals surface area contributed by atoms with E-state index in [9.17, 15) is 14.4 Å². The summed E-state index contributed by atoms with van der Waals surface area (Å²) in [7, 11) is 0.